The number of amides is 1. The fourth-order valence-electron chi connectivity index (χ4n) is 0.142. The maximum Gasteiger partial charge on any atom is 0.412 e. The molecule has 0 bridgehead atoms. The van der Waals surface area contributed by atoms with Crippen LogP contribution in [0, 0.1) is 0 Å². The van der Waals surface area contributed by atoms with Gasteiger partial charge >= 0.3 is 12.1 Å². The van der Waals surface area contributed by atoms with Crippen LogP contribution >= 0.6 is 0 Å². The Morgan fingerprint density at radius 1 is 1.50 bits per heavy atom. The molecule has 0 rings (SSSR count). The van der Waals surface area contributed by atoms with E-state index in [9.17, 15) is 9.59 Å². The van der Waals surface area contributed by atoms with Crippen molar-refractivity contribution < 1.29 is 14.3 Å². The maximum atomic E-state index is 9.73. The van der Waals surface area contributed by atoms with Gasteiger partial charge in [0.25, 0.3) is 0 Å². The molecule has 0 aromatic heterocycles. The zero-order valence-corrected chi connectivity index (χ0v) is 4.51. The molecular weight excluding hydrogens is 112 g/mol. The monoisotopic (exact) mass is 120 g/mol. The number of rotatable bonds is 0. The predicted octanol–water partition coefficient (Wildman–Crippen LogP) is -0.210. The van der Waals surface area contributed by atoms with Crippen LogP contribution in [0.3, 0.4) is 0 Å². The van der Waals surface area contributed by atoms with Gasteiger partial charge in [0.05, 0.1) is 0 Å². The molecule has 0 saturated heterocycles. The van der Waals surface area contributed by atoms with Crippen LogP contribution in [-0.4, -0.2) is 12.1 Å². The summed E-state index contributed by atoms with van der Waals surface area (Å²) in [6, 6.07) is 0. The summed E-state index contributed by atoms with van der Waals surface area (Å²) >= 11 is 0. The van der Waals surface area contributed by atoms with Crippen LogP contribution in [0.5, 0.6) is 0 Å². The largest absolute Gasteiger partial charge is 0.412 e. The first-order valence-electron chi connectivity index (χ1n) is 1.61. The van der Waals surface area contributed by atoms with Crippen LogP contribution in [0.25, 0.3) is 0 Å². The van der Waals surface area contributed by atoms with Crippen molar-refractivity contribution in [2.45, 2.75) is 6.92 Å². The first-order chi connectivity index (χ1) is 3.13. The Balaban J connectivity index is 0. The fourth-order valence-corrected chi connectivity index (χ4v) is 0.142. The molecule has 0 aliphatic rings. The van der Waals surface area contributed by atoms with Crippen molar-refractivity contribution in [1.29, 1.82) is 0 Å². The number of carbonyl (C=O) groups is 2. The SMILES string of the molecule is CC(=O)OC(N)=O.N. The highest BCUT2D eigenvalue weighted by molar-refractivity contribution is 5.81. The van der Waals surface area contributed by atoms with Crippen molar-refractivity contribution in [2.75, 3.05) is 0 Å². The molecule has 5 heteroatoms. The summed E-state index contributed by atoms with van der Waals surface area (Å²) < 4.78 is 3.75. The molecule has 0 aliphatic carbocycles. The van der Waals surface area contributed by atoms with Gasteiger partial charge in [-0.05, 0) is 0 Å². The average Bonchev–Trinajstić information content (AvgIpc) is 1.27. The minimum Gasteiger partial charge on any atom is -0.377 e. The van der Waals surface area contributed by atoms with Gasteiger partial charge in [-0.15, -0.1) is 0 Å². The molecule has 5 nitrogen and oxygen atoms in total. The Bertz CT molecular complexity index is 88.7. The smallest absolute Gasteiger partial charge is 0.377 e. The molecule has 0 fully saturated rings. The summed E-state index contributed by atoms with van der Waals surface area (Å²) in [6.45, 7) is 1.10. The molecule has 8 heavy (non-hydrogen) atoms. The van der Waals surface area contributed by atoms with E-state index >= 15 is 0 Å². The first kappa shape index (κ1) is 10.0. The van der Waals surface area contributed by atoms with Crippen molar-refractivity contribution in [3.63, 3.8) is 0 Å². The maximum absolute atomic E-state index is 9.73. The molecule has 0 saturated carbocycles. The Labute approximate surface area is 46.4 Å². The lowest BCUT2D eigenvalue weighted by Gasteiger charge is -1.87. The quantitative estimate of drug-likeness (QED) is 0.341. The third-order valence-electron chi connectivity index (χ3n) is 0.244. The molecule has 48 valence electrons. The second-order valence-corrected chi connectivity index (χ2v) is 0.913. The zero-order valence-electron chi connectivity index (χ0n) is 4.51. The van der Waals surface area contributed by atoms with Gasteiger partial charge in [-0.1, -0.05) is 0 Å². The van der Waals surface area contributed by atoms with Crippen molar-refractivity contribution >= 4 is 12.1 Å². The molecule has 0 heterocycles. The van der Waals surface area contributed by atoms with E-state index in [1.165, 1.54) is 0 Å². The van der Waals surface area contributed by atoms with Crippen LogP contribution in [0.4, 0.5) is 4.79 Å². The lowest BCUT2D eigenvalue weighted by molar-refractivity contribution is -0.134. The zero-order chi connectivity index (χ0) is 5.86. The first-order valence-corrected chi connectivity index (χ1v) is 1.61. The summed E-state index contributed by atoms with van der Waals surface area (Å²) in [4.78, 5) is 19.3. The molecule has 0 spiro atoms. The highest BCUT2D eigenvalue weighted by Crippen LogP contribution is 1.70. The number of primary amides is 1. The summed E-state index contributed by atoms with van der Waals surface area (Å²) in [6.07, 6.45) is -1.06. The second kappa shape index (κ2) is 4.07. The molecule has 0 atom stereocenters. The van der Waals surface area contributed by atoms with Crippen molar-refractivity contribution in [2.24, 2.45) is 5.73 Å². The van der Waals surface area contributed by atoms with Crippen molar-refractivity contribution in [1.82, 2.24) is 6.15 Å². The number of esters is 1. The Hall–Kier alpha value is -1.10. The van der Waals surface area contributed by atoms with Crippen LogP contribution in [-0.2, 0) is 9.53 Å². The standard InChI is InChI=1S/C3H5NO3.H3N/c1-2(5)7-3(4)6;/h1H3,(H2,4,6);1H3. The Kier molecular flexibility index (Phi) is 5.09. The van der Waals surface area contributed by atoms with Crippen LogP contribution < -0.4 is 11.9 Å². The summed E-state index contributed by atoms with van der Waals surface area (Å²) in [5.41, 5.74) is 4.41. The van der Waals surface area contributed by atoms with Crippen LogP contribution in [0.1, 0.15) is 6.92 Å². The van der Waals surface area contributed by atoms with Gasteiger partial charge in [0.1, 0.15) is 0 Å². The average molecular weight is 120 g/mol. The predicted molar refractivity (Wildman–Crippen MR) is 26.4 cm³/mol. The van der Waals surface area contributed by atoms with Crippen LogP contribution in [0.2, 0.25) is 0 Å². The number of ether oxygens (including phenoxy) is 1. The number of hydrogen-bond acceptors (Lipinski definition) is 4. The molecule has 0 aliphatic heterocycles. The van der Waals surface area contributed by atoms with Gasteiger partial charge in [0.15, 0.2) is 0 Å². The van der Waals surface area contributed by atoms with Gasteiger partial charge in [0.2, 0.25) is 0 Å². The van der Waals surface area contributed by atoms with Gasteiger partial charge in [-0.3, -0.25) is 4.79 Å². The van der Waals surface area contributed by atoms with E-state index in [2.05, 4.69) is 10.5 Å². The minimum absolute atomic E-state index is 0. The summed E-state index contributed by atoms with van der Waals surface area (Å²) in [7, 11) is 0. The minimum atomic E-state index is -1.06. The van der Waals surface area contributed by atoms with Crippen molar-refractivity contribution in [3.05, 3.63) is 0 Å². The molecule has 5 N–H and O–H groups in total. The van der Waals surface area contributed by atoms with E-state index in [0.717, 1.165) is 6.92 Å². The summed E-state index contributed by atoms with van der Waals surface area (Å²) in [5.74, 6) is -0.687. The van der Waals surface area contributed by atoms with Gasteiger partial charge in [-0.25, -0.2) is 4.79 Å². The van der Waals surface area contributed by atoms with Gasteiger partial charge in [0, 0.05) is 6.92 Å². The lowest BCUT2D eigenvalue weighted by atomic mass is 10.8. The van der Waals surface area contributed by atoms with E-state index in [-0.39, 0.29) is 6.15 Å². The van der Waals surface area contributed by atoms with E-state index in [1.807, 2.05) is 0 Å². The van der Waals surface area contributed by atoms with Gasteiger partial charge < -0.3 is 16.6 Å². The molecule has 0 aromatic rings. The van der Waals surface area contributed by atoms with E-state index in [1.54, 1.807) is 0 Å². The van der Waals surface area contributed by atoms with Gasteiger partial charge in [-0.2, -0.15) is 0 Å². The molecule has 1 amide bonds. The number of nitrogens with two attached hydrogens (primary N) is 1. The van der Waals surface area contributed by atoms with E-state index < -0.39 is 12.1 Å². The second-order valence-electron chi connectivity index (χ2n) is 0.913. The van der Waals surface area contributed by atoms with Crippen LogP contribution in [0.15, 0.2) is 0 Å². The highest BCUT2D eigenvalue weighted by Gasteiger charge is 1.94. The Morgan fingerprint density at radius 2 is 1.88 bits per heavy atom. The topological polar surface area (TPSA) is 104 Å². The number of carbonyl (C=O) groups excluding carboxylic acids is 2. The van der Waals surface area contributed by atoms with Crippen molar-refractivity contribution in [3.8, 4) is 0 Å². The third kappa shape index (κ3) is 8.86. The number of hydrogen-bond donors (Lipinski definition) is 2. The van der Waals surface area contributed by atoms with E-state index in [4.69, 9.17) is 0 Å². The lowest BCUT2D eigenvalue weighted by Crippen LogP contribution is -2.15. The summed E-state index contributed by atoms with van der Waals surface area (Å²) in [5, 5.41) is 0. The molecule has 0 unspecified atom stereocenters. The Morgan fingerprint density at radius 3 is 1.88 bits per heavy atom. The van der Waals surface area contributed by atoms with E-state index in [0.29, 0.717) is 0 Å². The normalized spacial score (nSPS) is 6.62. The molecule has 0 radical (unpaired) electrons. The highest BCUT2D eigenvalue weighted by atomic mass is 16.6. The fraction of sp³-hybridized carbons (Fsp3) is 0.333. The molecular formula is C3H8N2O3. The molecule has 0 aromatic carbocycles. The third-order valence-corrected chi connectivity index (χ3v) is 0.244.